The van der Waals surface area contributed by atoms with Crippen molar-refractivity contribution in [2.75, 3.05) is 5.33 Å². The fourth-order valence-electron chi connectivity index (χ4n) is 1.27. The lowest BCUT2D eigenvalue weighted by atomic mass is 10.3. The second-order valence-corrected chi connectivity index (χ2v) is 3.42. The highest BCUT2D eigenvalue weighted by atomic mass is 79.9. The maximum Gasteiger partial charge on any atom is 0.107 e. The van der Waals surface area contributed by atoms with Gasteiger partial charge in [-0.1, -0.05) is 15.9 Å². The van der Waals surface area contributed by atoms with Gasteiger partial charge in [0.25, 0.3) is 0 Å². The fourth-order valence-corrected chi connectivity index (χ4v) is 1.98. The highest BCUT2D eigenvalue weighted by Crippen LogP contribution is 2.48. The quantitative estimate of drug-likeness (QED) is 0.670. The highest BCUT2D eigenvalue weighted by molar-refractivity contribution is 9.09. The van der Waals surface area contributed by atoms with Crippen LogP contribution in [0.15, 0.2) is 22.8 Å². The van der Waals surface area contributed by atoms with Crippen molar-refractivity contribution in [2.45, 2.75) is 12.3 Å². The number of rotatable bonds is 2. The predicted molar refractivity (Wildman–Crippen MR) is 43.4 cm³/mol. The molecule has 10 heavy (non-hydrogen) atoms. The average molecular weight is 201 g/mol. The molecule has 2 rings (SSSR count). The molecule has 0 N–H and O–H groups in total. The van der Waals surface area contributed by atoms with Crippen LogP contribution >= 0.6 is 15.9 Å². The van der Waals surface area contributed by atoms with Gasteiger partial charge < -0.3 is 4.42 Å². The minimum absolute atomic E-state index is 0.703. The third-order valence-corrected chi connectivity index (χ3v) is 2.86. The summed E-state index contributed by atoms with van der Waals surface area (Å²) in [6, 6.07) is 4.02. The van der Waals surface area contributed by atoms with Crippen LogP contribution in [0.1, 0.15) is 18.1 Å². The summed E-state index contributed by atoms with van der Waals surface area (Å²) in [6.07, 6.45) is 3.04. The van der Waals surface area contributed by atoms with Crippen LogP contribution in [0.2, 0.25) is 0 Å². The molecule has 0 spiro atoms. The van der Waals surface area contributed by atoms with E-state index in [2.05, 4.69) is 22.0 Å². The molecule has 0 aromatic carbocycles. The molecule has 0 radical (unpaired) electrons. The Bertz CT molecular complexity index is 205. The number of hydrogen-bond acceptors (Lipinski definition) is 1. The average Bonchev–Trinajstić information content (AvgIpc) is 2.56. The van der Waals surface area contributed by atoms with E-state index in [0.717, 1.165) is 17.0 Å². The summed E-state index contributed by atoms with van der Waals surface area (Å²) in [4.78, 5) is 0. The fraction of sp³-hybridized carbons (Fsp3) is 0.500. The Hall–Kier alpha value is -0.240. The van der Waals surface area contributed by atoms with Crippen molar-refractivity contribution in [1.29, 1.82) is 0 Å². The SMILES string of the molecule is BrCC1CC1c1ccco1. The number of furan rings is 1. The van der Waals surface area contributed by atoms with Crippen molar-refractivity contribution in [3.8, 4) is 0 Å². The van der Waals surface area contributed by atoms with Crippen LogP contribution in [0.25, 0.3) is 0 Å². The molecule has 0 amide bonds. The number of alkyl halides is 1. The van der Waals surface area contributed by atoms with E-state index in [4.69, 9.17) is 4.42 Å². The molecule has 0 aliphatic heterocycles. The Balaban J connectivity index is 2.05. The van der Waals surface area contributed by atoms with Gasteiger partial charge in [-0.15, -0.1) is 0 Å². The number of halogens is 1. The second kappa shape index (κ2) is 2.42. The van der Waals surface area contributed by atoms with Crippen molar-refractivity contribution in [1.82, 2.24) is 0 Å². The summed E-state index contributed by atoms with van der Waals surface area (Å²) in [5, 5.41) is 1.11. The van der Waals surface area contributed by atoms with Gasteiger partial charge >= 0.3 is 0 Å². The molecule has 1 fully saturated rings. The van der Waals surface area contributed by atoms with E-state index in [9.17, 15) is 0 Å². The lowest BCUT2D eigenvalue weighted by molar-refractivity contribution is 0.506. The van der Waals surface area contributed by atoms with E-state index in [-0.39, 0.29) is 0 Å². The maximum absolute atomic E-state index is 5.27. The van der Waals surface area contributed by atoms with Gasteiger partial charge in [0.2, 0.25) is 0 Å². The first-order valence-corrected chi connectivity index (χ1v) is 4.63. The van der Waals surface area contributed by atoms with E-state index < -0.39 is 0 Å². The lowest BCUT2D eigenvalue weighted by Crippen LogP contribution is -1.79. The molecule has 0 saturated heterocycles. The van der Waals surface area contributed by atoms with Crippen molar-refractivity contribution >= 4 is 15.9 Å². The van der Waals surface area contributed by atoms with Crippen molar-refractivity contribution in [3.63, 3.8) is 0 Å². The molecule has 1 aromatic heterocycles. The second-order valence-electron chi connectivity index (χ2n) is 2.77. The largest absolute Gasteiger partial charge is 0.469 e. The predicted octanol–water partition coefficient (Wildman–Crippen LogP) is 2.78. The van der Waals surface area contributed by atoms with Gasteiger partial charge in [-0.2, -0.15) is 0 Å². The Morgan fingerprint density at radius 1 is 1.70 bits per heavy atom. The summed E-state index contributed by atoms with van der Waals surface area (Å²) < 4.78 is 5.27. The molecule has 1 aromatic rings. The van der Waals surface area contributed by atoms with Gasteiger partial charge in [0.05, 0.1) is 6.26 Å². The maximum atomic E-state index is 5.27. The minimum Gasteiger partial charge on any atom is -0.469 e. The van der Waals surface area contributed by atoms with Crippen LogP contribution in [0, 0.1) is 5.92 Å². The summed E-state index contributed by atoms with van der Waals surface area (Å²) in [5.74, 6) is 2.69. The van der Waals surface area contributed by atoms with Crippen LogP contribution in [0.3, 0.4) is 0 Å². The molecular weight excluding hydrogens is 192 g/mol. The van der Waals surface area contributed by atoms with Gasteiger partial charge in [-0.3, -0.25) is 0 Å². The van der Waals surface area contributed by atoms with Gasteiger partial charge in [-0.25, -0.2) is 0 Å². The summed E-state index contributed by atoms with van der Waals surface area (Å²) in [5.41, 5.74) is 0. The van der Waals surface area contributed by atoms with Gasteiger partial charge in [0.15, 0.2) is 0 Å². The van der Waals surface area contributed by atoms with E-state index in [1.165, 1.54) is 6.42 Å². The van der Waals surface area contributed by atoms with Crippen LogP contribution in [-0.2, 0) is 0 Å². The molecule has 2 atom stereocenters. The Labute approximate surface area is 68.5 Å². The van der Waals surface area contributed by atoms with Crippen LogP contribution < -0.4 is 0 Å². The van der Waals surface area contributed by atoms with Crippen LogP contribution in [-0.4, -0.2) is 5.33 Å². The van der Waals surface area contributed by atoms with Crippen LogP contribution in [0.5, 0.6) is 0 Å². The summed E-state index contributed by atoms with van der Waals surface area (Å²) in [6.45, 7) is 0. The highest BCUT2D eigenvalue weighted by Gasteiger charge is 2.39. The molecule has 54 valence electrons. The standard InChI is InChI=1S/C8H9BrO/c9-5-6-4-7(6)8-2-1-3-10-8/h1-3,6-7H,4-5H2. The van der Waals surface area contributed by atoms with Gasteiger partial charge in [0.1, 0.15) is 5.76 Å². The topological polar surface area (TPSA) is 13.1 Å². The smallest absolute Gasteiger partial charge is 0.107 e. The zero-order valence-corrected chi connectivity index (χ0v) is 7.17. The zero-order valence-electron chi connectivity index (χ0n) is 5.59. The molecule has 1 saturated carbocycles. The molecule has 0 bridgehead atoms. The van der Waals surface area contributed by atoms with Crippen molar-refractivity contribution in [3.05, 3.63) is 24.2 Å². The van der Waals surface area contributed by atoms with Crippen LogP contribution in [0.4, 0.5) is 0 Å². The third kappa shape index (κ3) is 1.01. The molecule has 2 unspecified atom stereocenters. The normalized spacial score (nSPS) is 30.5. The van der Waals surface area contributed by atoms with E-state index in [1.807, 2.05) is 6.07 Å². The van der Waals surface area contributed by atoms with E-state index in [0.29, 0.717) is 5.92 Å². The molecule has 1 aliphatic carbocycles. The van der Waals surface area contributed by atoms with E-state index >= 15 is 0 Å². The summed E-state index contributed by atoms with van der Waals surface area (Å²) >= 11 is 3.46. The first-order valence-electron chi connectivity index (χ1n) is 3.51. The Morgan fingerprint density at radius 3 is 3.10 bits per heavy atom. The van der Waals surface area contributed by atoms with Crippen molar-refractivity contribution < 1.29 is 4.42 Å². The molecular formula is C8H9BrO. The minimum atomic E-state index is 0.703. The first kappa shape index (κ1) is 6.47. The Kier molecular flexibility index (Phi) is 1.57. The van der Waals surface area contributed by atoms with Gasteiger partial charge in [-0.05, 0) is 24.5 Å². The number of hydrogen-bond donors (Lipinski definition) is 0. The lowest BCUT2D eigenvalue weighted by Gasteiger charge is -1.88. The summed E-state index contributed by atoms with van der Waals surface area (Å²) in [7, 11) is 0. The molecule has 1 aliphatic rings. The van der Waals surface area contributed by atoms with E-state index in [1.54, 1.807) is 6.26 Å². The Morgan fingerprint density at radius 2 is 2.60 bits per heavy atom. The van der Waals surface area contributed by atoms with Gasteiger partial charge in [0, 0.05) is 11.2 Å². The zero-order chi connectivity index (χ0) is 6.97. The molecule has 1 nitrogen and oxygen atoms in total. The monoisotopic (exact) mass is 200 g/mol. The molecule has 1 heterocycles. The molecule has 2 heteroatoms. The first-order chi connectivity index (χ1) is 4.92. The third-order valence-electron chi connectivity index (χ3n) is 2.03. The van der Waals surface area contributed by atoms with Crippen molar-refractivity contribution in [2.24, 2.45) is 5.92 Å².